The Morgan fingerprint density at radius 2 is 2.12 bits per heavy atom. The monoisotopic (exact) mass is 252 g/mol. The number of rotatable bonds is 9. The van der Waals surface area contributed by atoms with Crippen LogP contribution in [-0.4, -0.2) is 18.6 Å². The predicted molar refractivity (Wildman–Crippen MR) is 72.0 cm³/mol. The summed E-state index contributed by atoms with van der Waals surface area (Å²) in [6.45, 7) is 1.73. The van der Waals surface area contributed by atoms with Crippen molar-refractivity contribution in [2.45, 2.75) is 32.2 Å². The van der Waals surface area contributed by atoms with Crippen LogP contribution in [0.2, 0.25) is 0 Å². The van der Waals surface area contributed by atoms with E-state index in [1.807, 2.05) is 23.9 Å². The molecule has 0 aliphatic rings. The molecule has 0 radical (unpaired) electrons. The molecular formula is C13H20N2OS. The summed E-state index contributed by atoms with van der Waals surface area (Å²) in [4.78, 5) is 0. The van der Waals surface area contributed by atoms with Crippen LogP contribution in [0.25, 0.3) is 0 Å². The second-order valence-electron chi connectivity index (χ2n) is 3.96. The predicted octanol–water partition coefficient (Wildman–Crippen LogP) is 3.16. The molecule has 1 heterocycles. The Kier molecular flexibility index (Phi) is 7.61. The minimum absolute atomic E-state index is 0.388. The maximum absolute atomic E-state index is 8.60. The van der Waals surface area contributed by atoms with E-state index >= 15 is 0 Å². The van der Waals surface area contributed by atoms with Crippen LogP contribution in [0.1, 0.15) is 37.2 Å². The van der Waals surface area contributed by atoms with Gasteiger partial charge in [0.1, 0.15) is 11.8 Å². The standard InChI is InChI=1S/C13H20N2OS/c1-17-9-5-3-2-4-8-15-11-13-7-6-12(10-14)16-13/h6-7,15H,2-5,8-9,11H2,1H3. The van der Waals surface area contributed by atoms with Gasteiger partial charge in [0.2, 0.25) is 5.76 Å². The van der Waals surface area contributed by atoms with E-state index < -0.39 is 0 Å². The summed E-state index contributed by atoms with van der Waals surface area (Å²) in [5.74, 6) is 2.50. The Hall–Kier alpha value is -0.920. The average Bonchev–Trinajstić information content (AvgIpc) is 2.80. The first-order chi connectivity index (χ1) is 8.36. The zero-order valence-electron chi connectivity index (χ0n) is 10.4. The minimum atomic E-state index is 0.388. The van der Waals surface area contributed by atoms with Gasteiger partial charge in [0.05, 0.1) is 6.54 Å². The van der Waals surface area contributed by atoms with Gasteiger partial charge in [-0.1, -0.05) is 12.8 Å². The molecule has 0 aliphatic carbocycles. The molecule has 0 aromatic carbocycles. The maximum Gasteiger partial charge on any atom is 0.203 e. The lowest BCUT2D eigenvalue weighted by molar-refractivity contribution is 0.469. The Morgan fingerprint density at radius 3 is 2.82 bits per heavy atom. The highest BCUT2D eigenvalue weighted by molar-refractivity contribution is 7.98. The lowest BCUT2D eigenvalue weighted by Crippen LogP contribution is -2.14. The molecule has 94 valence electrons. The average molecular weight is 252 g/mol. The fraction of sp³-hybridized carbons (Fsp3) is 0.615. The fourth-order valence-corrected chi connectivity index (χ4v) is 2.09. The molecule has 0 unspecified atom stereocenters. The SMILES string of the molecule is CSCCCCCCNCc1ccc(C#N)o1. The second-order valence-corrected chi connectivity index (χ2v) is 4.95. The van der Waals surface area contributed by atoms with E-state index in [0.29, 0.717) is 12.3 Å². The Labute approximate surface area is 108 Å². The zero-order valence-corrected chi connectivity index (χ0v) is 11.2. The first-order valence-corrected chi connectivity index (χ1v) is 7.44. The summed E-state index contributed by atoms with van der Waals surface area (Å²) >= 11 is 1.92. The number of nitrogens with zero attached hydrogens (tertiary/aromatic N) is 1. The third-order valence-corrected chi connectivity index (χ3v) is 3.22. The molecule has 3 nitrogen and oxygen atoms in total. The van der Waals surface area contributed by atoms with Crippen molar-refractivity contribution in [3.63, 3.8) is 0 Å². The van der Waals surface area contributed by atoms with Crippen molar-refractivity contribution in [2.24, 2.45) is 0 Å². The number of nitrogens with one attached hydrogen (secondary N) is 1. The summed E-state index contributed by atoms with van der Waals surface area (Å²) in [5.41, 5.74) is 0. The van der Waals surface area contributed by atoms with Crippen LogP contribution < -0.4 is 5.32 Å². The van der Waals surface area contributed by atoms with E-state index in [2.05, 4.69) is 11.6 Å². The van der Waals surface area contributed by atoms with Crippen LogP contribution in [0.3, 0.4) is 0 Å². The zero-order chi connectivity index (χ0) is 12.3. The van der Waals surface area contributed by atoms with Crippen molar-refractivity contribution in [1.29, 1.82) is 5.26 Å². The molecule has 1 aromatic heterocycles. The summed E-state index contributed by atoms with van der Waals surface area (Å²) in [6, 6.07) is 5.54. The van der Waals surface area contributed by atoms with Gasteiger partial charge in [-0.05, 0) is 43.5 Å². The highest BCUT2D eigenvalue weighted by Gasteiger charge is 1.99. The third-order valence-electron chi connectivity index (χ3n) is 2.52. The van der Waals surface area contributed by atoms with Crippen molar-refractivity contribution in [3.8, 4) is 6.07 Å². The number of furan rings is 1. The Morgan fingerprint density at radius 1 is 1.29 bits per heavy atom. The van der Waals surface area contributed by atoms with Crippen molar-refractivity contribution in [3.05, 3.63) is 23.7 Å². The van der Waals surface area contributed by atoms with Gasteiger partial charge in [-0.25, -0.2) is 0 Å². The first-order valence-electron chi connectivity index (χ1n) is 6.05. The van der Waals surface area contributed by atoms with Crippen molar-refractivity contribution in [1.82, 2.24) is 5.32 Å². The van der Waals surface area contributed by atoms with Gasteiger partial charge in [-0.3, -0.25) is 0 Å². The van der Waals surface area contributed by atoms with Gasteiger partial charge in [-0.2, -0.15) is 17.0 Å². The number of nitriles is 1. The lowest BCUT2D eigenvalue weighted by atomic mass is 10.2. The number of thioether (sulfide) groups is 1. The summed E-state index contributed by atoms with van der Waals surface area (Å²) in [6.07, 6.45) is 7.29. The second kappa shape index (κ2) is 9.15. The van der Waals surface area contributed by atoms with E-state index in [1.54, 1.807) is 6.07 Å². The molecule has 0 bridgehead atoms. The highest BCUT2D eigenvalue weighted by Crippen LogP contribution is 2.06. The van der Waals surface area contributed by atoms with Crippen molar-refractivity contribution < 1.29 is 4.42 Å². The van der Waals surface area contributed by atoms with Gasteiger partial charge < -0.3 is 9.73 Å². The van der Waals surface area contributed by atoms with Crippen LogP contribution in [0.4, 0.5) is 0 Å². The van der Waals surface area contributed by atoms with Crippen molar-refractivity contribution in [2.75, 3.05) is 18.6 Å². The number of hydrogen-bond acceptors (Lipinski definition) is 4. The molecule has 0 saturated heterocycles. The van der Waals surface area contributed by atoms with E-state index in [-0.39, 0.29) is 0 Å². The topological polar surface area (TPSA) is 49.0 Å². The van der Waals surface area contributed by atoms with Gasteiger partial charge in [0.25, 0.3) is 0 Å². The van der Waals surface area contributed by atoms with Crippen LogP contribution in [0, 0.1) is 11.3 Å². The van der Waals surface area contributed by atoms with Gasteiger partial charge in [-0.15, -0.1) is 0 Å². The number of unbranched alkanes of at least 4 members (excludes halogenated alkanes) is 3. The lowest BCUT2D eigenvalue weighted by Gasteiger charge is -2.02. The Bertz CT molecular complexity index is 343. The molecule has 1 N–H and O–H groups in total. The molecule has 0 fully saturated rings. The molecule has 17 heavy (non-hydrogen) atoms. The van der Waals surface area contributed by atoms with Crippen LogP contribution in [-0.2, 0) is 6.54 Å². The molecule has 4 heteroatoms. The maximum atomic E-state index is 8.60. The molecular weight excluding hydrogens is 232 g/mol. The van der Waals surface area contributed by atoms with E-state index in [9.17, 15) is 0 Å². The molecule has 0 atom stereocenters. The molecule has 1 aromatic rings. The van der Waals surface area contributed by atoms with Gasteiger partial charge in [0.15, 0.2) is 0 Å². The van der Waals surface area contributed by atoms with E-state index in [0.717, 1.165) is 12.3 Å². The van der Waals surface area contributed by atoms with Crippen LogP contribution >= 0.6 is 11.8 Å². The minimum Gasteiger partial charge on any atom is -0.449 e. The van der Waals surface area contributed by atoms with E-state index in [4.69, 9.17) is 9.68 Å². The van der Waals surface area contributed by atoms with Crippen LogP contribution in [0.5, 0.6) is 0 Å². The first kappa shape index (κ1) is 14.1. The summed E-state index contributed by atoms with van der Waals surface area (Å²) < 4.78 is 5.27. The molecule has 0 aliphatic heterocycles. The fourth-order valence-electron chi connectivity index (χ4n) is 1.59. The molecule has 0 saturated carbocycles. The van der Waals surface area contributed by atoms with Crippen LogP contribution in [0.15, 0.2) is 16.5 Å². The summed E-state index contributed by atoms with van der Waals surface area (Å²) in [5, 5.41) is 11.9. The quantitative estimate of drug-likeness (QED) is 0.686. The summed E-state index contributed by atoms with van der Waals surface area (Å²) in [7, 11) is 0. The smallest absolute Gasteiger partial charge is 0.203 e. The highest BCUT2D eigenvalue weighted by atomic mass is 32.2. The normalized spacial score (nSPS) is 10.4. The molecule has 0 spiro atoms. The number of hydrogen-bond donors (Lipinski definition) is 1. The van der Waals surface area contributed by atoms with Crippen molar-refractivity contribution >= 4 is 11.8 Å². The third kappa shape index (κ3) is 6.40. The van der Waals surface area contributed by atoms with E-state index in [1.165, 1.54) is 31.4 Å². The van der Waals surface area contributed by atoms with Gasteiger partial charge >= 0.3 is 0 Å². The largest absolute Gasteiger partial charge is 0.449 e. The molecule has 1 rings (SSSR count). The Balaban J connectivity index is 1.95. The molecule has 0 amide bonds. The van der Waals surface area contributed by atoms with Gasteiger partial charge in [0, 0.05) is 0 Å².